The fourth-order valence-corrected chi connectivity index (χ4v) is 2.74. The third kappa shape index (κ3) is 2.10. The summed E-state index contributed by atoms with van der Waals surface area (Å²) >= 11 is 6.02. The van der Waals surface area contributed by atoms with Crippen molar-refractivity contribution < 1.29 is 9.47 Å². The van der Waals surface area contributed by atoms with E-state index in [9.17, 15) is 0 Å². The van der Waals surface area contributed by atoms with Crippen LogP contribution in [0.5, 0.6) is 11.5 Å². The Labute approximate surface area is 126 Å². The van der Waals surface area contributed by atoms with Gasteiger partial charge in [0, 0.05) is 12.7 Å². The molecule has 0 unspecified atom stereocenters. The van der Waals surface area contributed by atoms with E-state index < -0.39 is 0 Å². The Hall–Kier alpha value is -2.27. The predicted molar refractivity (Wildman–Crippen MR) is 78.8 cm³/mol. The van der Waals surface area contributed by atoms with E-state index >= 15 is 0 Å². The van der Waals surface area contributed by atoms with Gasteiger partial charge >= 0.3 is 0 Å². The summed E-state index contributed by atoms with van der Waals surface area (Å²) in [4.78, 5) is 8.61. The van der Waals surface area contributed by atoms with Gasteiger partial charge in [0.05, 0.1) is 17.6 Å². The molecule has 21 heavy (non-hydrogen) atoms. The van der Waals surface area contributed by atoms with Crippen molar-refractivity contribution in [1.82, 2.24) is 14.5 Å². The van der Waals surface area contributed by atoms with Crippen LogP contribution < -0.4 is 9.47 Å². The first-order valence-corrected chi connectivity index (χ1v) is 7.12. The standard InChI is InChI=1S/C15H12ClN3O2/c16-6-15-18-11-7-17-4-3-12(11)19(15)8-10-1-2-13-14(5-10)21-9-20-13/h1-5,7H,6,8-9H2. The van der Waals surface area contributed by atoms with Crippen molar-refractivity contribution in [2.75, 3.05) is 6.79 Å². The van der Waals surface area contributed by atoms with Gasteiger partial charge in [-0.1, -0.05) is 6.07 Å². The number of hydrogen-bond acceptors (Lipinski definition) is 4. The Kier molecular flexibility index (Phi) is 2.93. The molecule has 2 aromatic heterocycles. The number of aromatic nitrogens is 3. The Morgan fingerprint density at radius 2 is 2.10 bits per heavy atom. The predicted octanol–water partition coefficient (Wildman–Crippen LogP) is 2.95. The van der Waals surface area contributed by atoms with Crippen LogP contribution in [0, 0.1) is 0 Å². The summed E-state index contributed by atoms with van der Waals surface area (Å²) in [5.74, 6) is 2.76. The van der Waals surface area contributed by atoms with Gasteiger partial charge in [-0.25, -0.2) is 4.98 Å². The lowest BCUT2D eigenvalue weighted by Gasteiger charge is -2.08. The van der Waals surface area contributed by atoms with Crippen molar-refractivity contribution in [1.29, 1.82) is 0 Å². The zero-order valence-electron chi connectivity index (χ0n) is 11.1. The van der Waals surface area contributed by atoms with Crippen LogP contribution in [0.2, 0.25) is 0 Å². The first kappa shape index (κ1) is 12.5. The van der Waals surface area contributed by atoms with Crippen LogP contribution in [0.3, 0.4) is 0 Å². The summed E-state index contributed by atoms with van der Waals surface area (Å²) in [7, 11) is 0. The maximum atomic E-state index is 6.02. The Balaban J connectivity index is 1.77. The highest BCUT2D eigenvalue weighted by Gasteiger charge is 2.15. The fraction of sp³-hybridized carbons (Fsp3) is 0.200. The number of benzene rings is 1. The molecule has 1 aromatic carbocycles. The number of imidazole rings is 1. The molecule has 0 saturated heterocycles. The molecule has 6 heteroatoms. The van der Waals surface area contributed by atoms with Gasteiger partial charge < -0.3 is 14.0 Å². The van der Waals surface area contributed by atoms with Crippen molar-refractivity contribution in [2.45, 2.75) is 12.4 Å². The largest absolute Gasteiger partial charge is 0.454 e. The number of hydrogen-bond donors (Lipinski definition) is 0. The first-order chi connectivity index (χ1) is 10.3. The van der Waals surface area contributed by atoms with Crippen LogP contribution in [0.15, 0.2) is 36.7 Å². The lowest BCUT2D eigenvalue weighted by atomic mass is 10.2. The number of halogens is 1. The smallest absolute Gasteiger partial charge is 0.231 e. The van der Waals surface area contributed by atoms with Crippen molar-refractivity contribution in [3.05, 3.63) is 48.0 Å². The molecular weight excluding hydrogens is 290 g/mol. The molecule has 4 rings (SSSR count). The van der Waals surface area contributed by atoms with E-state index in [1.54, 1.807) is 12.4 Å². The summed E-state index contributed by atoms with van der Waals surface area (Å²) in [5.41, 5.74) is 2.99. The van der Waals surface area contributed by atoms with E-state index in [0.29, 0.717) is 12.4 Å². The topological polar surface area (TPSA) is 49.2 Å². The van der Waals surface area contributed by atoms with Crippen molar-refractivity contribution in [3.63, 3.8) is 0 Å². The first-order valence-electron chi connectivity index (χ1n) is 6.59. The SMILES string of the molecule is ClCc1nc2cnccc2n1Cc1ccc2c(c1)OCO2. The Bertz CT molecular complexity index is 816. The van der Waals surface area contributed by atoms with Crippen LogP contribution in [-0.2, 0) is 12.4 Å². The molecule has 0 N–H and O–H groups in total. The van der Waals surface area contributed by atoms with E-state index in [4.69, 9.17) is 21.1 Å². The second-order valence-electron chi connectivity index (χ2n) is 4.80. The van der Waals surface area contributed by atoms with Crippen LogP contribution in [0.25, 0.3) is 11.0 Å². The quantitative estimate of drug-likeness (QED) is 0.698. The molecule has 0 amide bonds. The third-order valence-electron chi connectivity index (χ3n) is 3.53. The normalized spacial score (nSPS) is 13.0. The average molecular weight is 302 g/mol. The number of alkyl halides is 1. The van der Waals surface area contributed by atoms with Gasteiger partial charge in [0.25, 0.3) is 0 Å². The van der Waals surface area contributed by atoms with Gasteiger partial charge in [0.1, 0.15) is 11.3 Å². The molecule has 0 bridgehead atoms. The number of pyridine rings is 1. The van der Waals surface area contributed by atoms with Gasteiger partial charge in [-0.2, -0.15) is 0 Å². The molecule has 0 spiro atoms. The molecule has 3 aromatic rings. The molecule has 5 nitrogen and oxygen atoms in total. The molecule has 1 aliphatic rings. The third-order valence-corrected chi connectivity index (χ3v) is 3.77. The number of fused-ring (bicyclic) bond motifs is 2. The fourth-order valence-electron chi connectivity index (χ4n) is 2.53. The molecule has 0 fully saturated rings. The maximum Gasteiger partial charge on any atom is 0.231 e. The summed E-state index contributed by atoms with van der Waals surface area (Å²) in [6, 6.07) is 7.90. The molecular formula is C15H12ClN3O2. The van der Waals surface area contributed by atoms with Gasteiger partial charge in [-0.3, -0.25) is 4.98 Å². The molecule has 0 atom stereocenters. The summed E-state index contributed by atoms with van der Waals surface area (Å²) in [5, 5.41) is 0. The second-order valence-corrected chi connectivity index (χ2v) is 5.07. The van der Waals surface area contributed by atoms with Crippen LogP contribution in [0.1, 0.15) is 11.4 Å². The van der Waals surface area contributed by atoms with E-state index in [1.165, 1.54) is 0 Å². The van der Waals surface area contributed by atoms with Gasteiger partial charge in [-0.15, -0.1) is 11.6 Å². The van der Waals surface area contributed by atoms with Crippen LogP contribution in [-0.4, -0.2) is 21.3 Å². The minimum atomic E-state index is 0.283. The summed E-state index contributed by atoms with van der Waals surface area (Å²) in [6.07, 6.45) is 3.51. The minimum absolute atomic E-state index is 0.283. The van der Waals surface area contributed by atoms with E-state index in [2.05, 4.69) is 14.5 Å². The number of nitrogens with zero attached hydrogens (tertiary/aromatic N) is 3. The van der Waals surface area contributed by atoms with Crippen molar-refractivity contribution >= 4 is 22.6 Å². The van der Waals surface area contributed by atoms with Gasteiger partial charge in [-0.05, 0) is 23.8 Å². The molecule has 3 heterocycles. The van der Waals surface area contributed by atoms with Crippen LogP contribution in [0.4, 0.5) is 0 Å². The molecule has 1 aliphatic heterocycles. The zero-order valence-corrected chi connectivity index (χ0v) is 11.9. The molecule has 0 saturated carbocycles. The Morgan fingerprint density at radius 1 is 1.19 bits per heavy atom. The van der Waals surface area contributed by atoms with Crippen molar-refractivity contribution in [3.8, 4) is 11.5 Å². The Morgan fingerprint density at radius 3 is 3.00 bits per heavy atom. The van der Waals surface area contributed by atoms with E-state index in [-0.39, 0.29) is 6.79 Å². The minimum Gasteiger partial charge on any atom is -0.454 e. The van der Waals surface area contributed by atoms with Gasteiger partial charge in [0.15, 0.2) is 11.5 Å². The average Bonchev–Trinajstić information content (AvgIpc) is 3.11. The summed E-state index contributed by atoms with van der Waals surface area (Å²) < 4.78 is 12.9. The molecule has 0 aliphatic carbocycles. The highest BCUT2D eigenvalue weighted by Crippen LogP contribution is 2.33. The highest BCUT2D eigenvalue weighted by molar-refractivity contribution is 6.16. The van der Waals surface area contributed by atoms with Gasteiger partial charge in [0.2, 0.25) is 6.79 Å². The van der Waals surface area contributed by atoms with E-state index in [0.717, 1.165) is 33.9 Å². The number of rotatable bonds is 3. The van der Waals surface area contributed by atoms with E-state index in [1.807, 2.05) is 24.3 Å². The van der Waals surface area contributed by atoms with Crippen LogP contribution >= 0.6 is 11.6 Å². The lowest BCUT2D eigenvalue weighted by Crippen LogP contribution is -2.03. The maximum absolute atomic E-state index is 6.02. The summed E-state index contributed by atoms with van der Waals surface area (Å²) in [6.45, 7) is 0.963. The zero-order chi connectivity index (χ0) is 14.2. The molecule has 0 radical (unpaired) electrons. The lowest BCUT2D eigenvalue weighted by molar-refractivity contribution is 0.174. The monoisotopic (exact) mass is 301 g/mol. The second kappa shape index (κ2) is 4.93. The molecule has 106 valence electrons. The highest BCUT2D eigenvalue weighted by atomic mass is 35.5. The van der Waals surface area contributed by atoms with Crippen molar-refractivity contribution in [2.24, 2.45) is 0 Å². The number of ether oxygens (including phenoxy) is 2.